The third-order valence-corrected chi connectivity index (χ3v) is 5.09. The lowest BCUT2D eigenvalue weighted by molar-refractivity contribution is -0.00250. The first-order valence-electron chi connectivity index (χ1n) is 7.11. The van der Waals surface area contributed by atoms with Gasteiger partial charge in [-0.25, -0.2) is 4.99 Å². The van der Waals surface area contributed by atoms with Gasteiger partial charge in [-0.3, -0.25) is 0 Å². The molecule has 4 saturated carbocycles. The largest absolute Gasteiger partial charge is 0.477 e. The van der Waals surface area contributed by atoms with Crippen molar-refractivity contribution in [2.75, 3.05) is 19.8 Å². The van der Waals surface area contributed by atoms with Crippen molar-refractivity contribution in [3.63, 3.8) is 0 Å². The molecule has 4 aliphatic carbocycles. The minimum Gasteiger partial charge on any atom is -0.477 e. The number of rotatable bonds is 1. The number of hydrogen-bond acceptors (Lipinski definition) is 3. The van der Waals surface area contributed by atoms with Crippen LogP contribution >= 0.6 is 0 Å². The highest BCUT2D eigenvalue weighted by atomic mass is 16.6. The Morgan fingerprint density at radius 2 is 1.59 bits per heavy atom. The quantitative estimate of drug-likeness (QED) is 0.698. The average molecular weight is 235 g/mol. The van der Waals surface area contributed by atoms with E-state index in [9.17, 15) is 0 Å². The van der Waals surface area contributed by atoms with Gasteiger partial charge in [0.2, 0.25) is 5.90 Å². The van der Waals surface area contributed by atoms with E-state index in [2.05, 4.69) is 0 Å². The van der Waals surface area contributed by atoms with Crippen molar-refractivity contribution >= 4 is 5.90 Å². The molecular formula is C14H21NO2. The number of ether oxygens (including phenoxy) is 2. The van der Waals surface area contributed by atoms with Crippen LogP contribution in [0.4, 0.5) is 0 Å². The molecule has 3 heteroatoms. The van der Waals surface area contributed by atoms with Gasteiger partial charge in [-0.15, -0.1) is 0 Å². The summed E-state index contributed by atoms with van der Waals surface area (Å²) in [5.41, 5.74) is 0.241. The molecule has 0 unspecified atom stereocenters. The van der Waals surface area contributed by atoms with Crippen LogP contribution in [0.1, 0.15) is 38.5 Å². The Morgan fingerprint density at radius 1 is 0.941 bits per heavy atom. The highest BCUT2D eigenvalue weighted by molar-refractivity contribution is 5.78. The van der Waals surface area contributed by atoms with E-state index < -0.39 is 0 Å². The Labute approximate surface area is 103 Å². The van der Waals surface area contributed by atoms with Crippen molar-refractivity contribution in [1.82, 2.24) is 0 Å². The van der Waals surface area contributed by atoms with E-state index in [1.54, 1.807) is 0 Å². The molecule has 0 aromatic heterocycles. The molecular weight excluding hydrogens is 214 g/mol. The van der Waals surface area contributed by atoms with Gasteiger partial charge >= 0.3 is 0 Å². The van der Waals surface area contributed by atoms with Crippen LogP contribution in [0.2, 0.25) is 0 Å². The Balaban J connectivity index is 1.59. The Hall–Kier alpha value is -0.570. The van der Waals surface area contributed by atoms with Crippen LogP contribution < -0.4 is 0 Å². The van der Waals surface area contributed by atoms with E-state index in [1.165, 1.54) is 38.5 Å². The SMILES string of the molecule is C1CO/C(=N/C23CC4CC(CC(C4)C2)C3)CO1. The maximum Gasteiger partial charge on any atom is 0.210 e. The van der Waals surface area contributed by atoms with Crippen molar-refractivity contribution in [3.05, 3.63) is 0 Å². The van der Waals surface area contributed by atoms with Crippen LogP contribution in [-0.2, 0) is 9.47 Å². The molecule has 1 aliphatic heterocycles. The third-order valence-electron chi connectivity index (χ3n) is 5.09. The van der Waals surface area contributed by atoms with Crippen LogP contribution in [-0.4, -0.2) is 31.3 Å². The summed E-state index contributed by atoms with van der Waals surface area (Å²) in [5.74, 6) is 3.73. The minimum atomic E-state index is 0.241. The van der Waals surface area contributed by atoms with Gasteiger partial charge in [0.05, 0.1) is 12.1 Å². The molecule has 0 N–H and O–H groups in total. The van der Waals surface area contributed by atoms with Crippen LogP contribution in [0.25, 0.3) is 0 Å². The van der Waals surface area contributed by atoms with E-state index in [4.69, 9.17) is 14.5 Å². The summed E-state index contributed by atoms with van der Waals surface area (Å²) in [4.78, 5) is 5.00. The second-order valence-corrected chi connectivity index (χ2v) is 6.55. The second kappa shape index (κ2) is 3.71. The summed E-state index contributed by atoms with van der Waals surface area (Å²) < 4.78 is 11.1. The molecule has 0 aromatic carbocycles. The summed E-state index contributed by atoms with van der Waals surface area (Å²) in [6.45, 7) is 2.01. The van der Waals surface area contributed by atoms with Crippen molar-refractivity contribution in [2.24, 2.45) is 22.7 Å². The number of aliphatic imine (C=N–C) groups is 1. The minimum absolute atomic E-state index is 0.241. The molecule has 0 aromatic rings. The van der Waals surface area contributed by atoms with Gasteiger partial charge < -0.3 is 9.47 Å². The van der Waals surface area contributed by atoms with Gasteiger partial charge in [-0.2, -0.15) is 0 Å². The van der Waals surface area contributed by atoms with Gasteiger partial charge in [-0.05, 0) is 56.3 Å². The van der Waals surface area contributed by atoms with E-state index in [0.717, 1.165) is 30.3 Å². The fourth-order valence-electron chi connectivity index (χ4n) is 4.95. The standard InChI is InChI=1S/C14H21NO2/c1-2-17-13(9-16-1)15-14-6-10-3-11(7-14)5-12(4-10)8-14/h10-12H,1-9H2/b15-13+. The van der Waals surface area contributed by atoms with Crippen molar-refractivity contribution in [2.45, 2.75) is 44.1 Å². The zero-order chi connectivity index (χ0) is 11.3. The van der Waals surface area contributed by atoms with E-state index >= 15 is 0 Å². The van der Waals surface area contributed by atoms with Gasteiger partial charge in [0.1, 0.15) is 13.2 Å². The monoisotopic (exact) mass is 235 g/mol. The molecule has 5 rings (SSSR count). The fraction of sp³-hybridized carbons (Fsp3) is 0.929. The van der Waals surface area contributed by atoms with Gasteiger partial charge in [0.25, 0.3) is 0 Å². The van der Waals surface area contributed by atoms with Crippen molar-refractivity contribution < 1.29 is 9.47 Å². The molecule has 1 saturated heterocycles. The summed E-state index contributed by atoms with van der Waals surface area (Å²) >= 11 is 0. The summed E-state index contributed by atoms with van der Waals surface area (Å²) in [6.07, 6.45) is 8.36. The zero-order valence-electron chi connectivity index (χ0n) is 10.4. The molecule has 4 bridgehead atoms. The lowest BCUT2D eigenvalue weighted by Crippen LogP contribution is -2.50. The molecule has 94 valence electrons. The van der Waals surface area contributed by atoms with Gasteiger partial charge in [-0.1, -0.05) is 0 Å². The van der Waals surface area contributed by atoms with Crippen molar-refractivity contribution in [1.29, 1.82) is 0 Å². The molecule has 17 heavy (non-hydrogen) atoms. The van der Waals surface area contributed by atoms with Crippen LogP contribution in [0.5, 0.6) is 0 Å². The van der Waals surface area contributed by atoms with E-state index in [1.807, 2.05) is 0 Å². The lowest BCUT2D eigenvalue weighted by Gasteiger charge is -2.55. The van der Waals surface area contributed by atoms with E-state index in [-0.39, 0.29) is 5.54 Å². The molecule has 0 amide bonds. The maximum atomic E-state index is 5.64. The summed E-state index contributed by atoms with van der Waals surface area (Å²) in [7, 11) is 0. The molecule has 5 aliphatic rings. The first kappa shape index (κ1) is 10.4. The zero-order valence-corrected chi connectivity index (χ0v) is 10.4. The Bertz CT molecular complexity index is 307. The van der Waals surface area contributed by atoms with Crippen LogP contribution in [0.15, 0.2) is 4.99 Å². The smallest absolute Gasteiger partial charge is 0.210 e. The van der Waals surface area contributed by atoms with Crippen LogP contribution in [0.3, 0.4) is 0 Å². The highest BCUT2D eigenvalue weighted by Crippen LogP contribution is 2.57. The maximum absolute atomic E-state index is 5.64. The Morgan fingerprint density at radius 3 is 2.12 bits per heavy atom. The molecule has 0 radical (unpaired) electrons. The molecule has 5 fully saturated rings. The topological polar surface area (TPSA) is 30.8 Å². The molecule has 0 atom stereocenters. The first-order chi connectivity index (χ1) is 8.31. The lowest BCUT2D eigenvalue weighted by atomic mass is 9.53. The fourth-order valence-corrected chi connectivity index (χ4v) is 4.95. The molecule has 3 nitrogen and oxygen atoms in total. The predicted molar refractivity (Wildman–Crippen MR) is 65.1 cm³/mol. The summed E-state index contributed by atoms with van der Waals surface area (Å²) in [5, 5.41) is 0. The summed E-state index contributed by atoms with van der Waals surface area (Å²) in [6, 6.07) is 0. The van der Waals surface area contributed by atoms with E-state index in [0.29, 0.717) is 13.2 Å². The van der Waals surface area contributed by atoms with Gasteiger partial charge in [0.15, 0.2) is 0 Å². The highest BCUT2D eigenvalue weighted by Gasteiger charge is 2.51. The number of hydrogen-bond donors (Lipinski definition) is 0. The van der Waals surface area contributed by atoms with Crippen molar-refractivity contribution in [3.8, 4) is 0 Å². The average Bonchev–Trinajstić information content (AvgIpc) is 2.27. The Kier molecular flexibility index (Phi) is 2.26. The normalized spacial score (nSPS) is 50.6. The molecule has 1 heterocycles. The molecule has 0 spiro atoms. The third kappa shape index (κ3) is 1.79. The second-order valence-electron chi connectivity index (χ2n) is 6.55. The predicted octanol–water partition coefficient (Wildman–Crippen LogP) is 2.40. The van der Waals surface area contributed by atoms with Gasteiger partial charge in [0, 0.05) is 0 Å². The number of nitrogens with zero attached hydrogens (tertiary/aromatic N) is 1. The first-order valence-corrected chi connectivity index (χ1v) is 7.11. The van der Waals surface area contributed by atoms with Crippen LogP contribution in [0, 0.1) is 17.8 Å².